The lowest BCUT2D eigenvalue weighted by molar-refractivity contribution is -0.131. The van der Waals surface area contributed by atoms with Crippen LogP contribution in [-0.2, 0) is 15.1 Å². The topological polar surface area (TPSA) is 62.3 Å². The first-order chi connectivity index (χ1) is 14.7. The molecule has 31 heavy (non-hydrogen) atoms. The second kappa shape index (κ2) is 9.73. The molecule has 5 nitrogen and oxygen atoms in total. The number of carbonyl (C=O) groups excluding carboxylic acids is 2. The van der Waals surface area contributed by atoms with E-state index < -0.39 is 28.8 Å². The smallest absolute Gasteiger partial charge is 0.278 e. The standard InChI is InChI=1S/C23H26ClF2N3O2/c1-15-8-10-19(11-9-15)29(21(30)20(24)26)23(2,16-12-17(25)14-27-13-16)22(31)28-18-6-4-3-5-7-18/h8-14,18,20H,3-7H2,1-2H3,(H,28,31)/t20-,23-/m0/s1. The monoisotopic (exact) mass is 449 g/mol. The second-order valence-corrected chi connectivity index (χ2v) is 8.47. The van der Waals surface area contributed by atoms with E-state index in [1.54, 1.807) is 24.3 Å². The first-order valence-corrected chi connectivity index (χ1v) is 10.8. The number of alkyl halides is 2. The van der Waals surface area contributed by atoms with E-state index in [0.717, 1.165) is 54.8 Å². The number of amides is 2. The number of pyridine rings is 1. The lowest BCUT2D eigenvalue weighted by Gasteiger charge is -2.41. The zero-order valence-corrected chi connectivity index (χ0v) is 18.3. The Hall–Kier alpha value is -2.54. The number of anilines is 1. The van der Waals surface area contributed by atoms with E-state index in [2.05, 4.69) is 10.3 Å². The first-order valence-electron chi connectivity index (χ1n) is 10.3. The highest BCUT2D eigenvalue weighted by molar-refractivity contribution is 6.32. The number of benzene rings is 1. The predicted octanol–water partition coefficient (Wildman–Crippen LogP) is 4.76. The zero-order chi connectivity index (χ0) is 22.6. The highest BCUT2D eigenvalue weighted by Gasteiger charge is 2.47. The van der Waals surface area contributed by atoms with E-state index in [9.17, 15) is 18.4 Å². The van der Waals surface area contributed by atoms with Gasteiger partial charge in [0.15, 0.2) is 5.54 Å². The number of aryl methyl sites for hydroxylation is 1. The number of hydrogen-bond acceptors (Lipinski definition) is 3. The summed E-state index contributed by atoms with van der Waals surface area (Å²) in [6.45, 7) is 3.32. The van der Waals surface area contributed by atoms with Gasteiger partial charge in [-0.25, -0.2) is 8.78 Å². The molecule has 0 spiro atoms. The lowest BCUT2D eigenvalue weighted by Crippen LogP contribution is -2.60. The SMILES string of the molecule is Cc1ccc(N(C(=O)[C@H](F)Cl)[C@](C)(C(=O)NC2CCCCC2)c2cncc(F)c2)cc1. The van der Waals surface area contributed by atoms with Gasteiger partial charge in [-0.15, -0.1) is 0 Å². The first kappa shape index (κ1) is 23.1. The number of rotatable bonds is 6. The summed E-state index contributed by atoms with van der Waals surface area (Å²) in [5.41, 5.74) is -2.86. The summed E-state index contributed by atoms with van der Waals surface area (Å²) in [5.74, 6) is -2.33. The maximum Gasteiger partial charge on any atom is 0.278 e. The van der Waals surface area contributed by atoms with Crippen molar-refractivity contribution in [2.75, 3.05) is 4.90 Å². The minimum absolute atomic E-state index is 0.0748. The number of nitrogens with one attached hydrogen (secondary N) is 1. The molecule has 0 bridgehead atoms. The molecule has 0 radical (unpaired) electrons. The maximum atomic E-state index is 14.1. The Balaban J connectivity index is 2.14. The Morgan fingerprint density at radius 3 is 2.42 bits per heavy atom. The molecular weight excluding hydrogens is 424 g/mol. The number of hydrogen-bond donors (Lipinski definition) is 1. The van der Waals surface area contributed by atoms with E-state index in [0.29, 0.717) is 0 Å². The fraction of sp³-hybridized carbons (Fsp3) is 0.435. The van der Waals surface area contributed by atoms with Crippen molar-refractivity contribution in [1.29, 1.82) is 0 Å². The fourth-order valence-corrected chi connectivity index (χ4v) is 4.11. The number of aromatic nitrogens is 1. The third-order valence-electron chi connectivity index (χ3n) is 5.80. The van der Waals surface area contributed by atoms with Crippen molar-refractivity contribution in [3.63, 3.8) is 0 Å². The van der Waals surface area contributed by atoms with Crippen LogP contribution in [-0.4, -0.2) is 28.5 Å². The van der Waals surface area contributed by atoms with Crippen LogP contribution >= 0.6 is 11.6 Å². The zero-order valence-electron chi connectivity index (χ0n) is 17.6. The van der Waals surface area contributed by atoms with Gasteiger partial charge in [0.1, 0.15) is 5.82 Å². The van der Waals surface area contributed by atoms with E-state index in [-0.39, 0.29) is 17.3 Å². The quantitative estimate of drug-likeness (QED) is 0.647. The summed E-state index contributed by atoms with van der Waals surface area (Å²) in [7, 11) is 0. The van der Waals surface area contributed by atoms with Crippen LogP contribution in [0.1, 0.15) is 50.2 Å². The molecule has 1 aromatic heterocycles. The molecule has 1 aromatic carbocycles. The molecule has 1 aliphatic carbocycles. The van der Waals surface area contributed by atoms with Gasteiger partial charge in [-0.05, 0) is 44.9 Å². The summed E-state index contributed by atoms with van der Waals surface area (Å²) >= 11 is 5.55. The van der Waals surface area contributed by atoms with E-state index in [1.165, 1.54) is 13.1 Å². The van der Waals surface area contributed by atoms with Gasteiger partial charge in [-0.3, -0.25) is 19.5 Å². The molecule has 8 heteroatoms. The van der Waals surface area contributed by atoms with Crippen LogP contribution in [0.5, 0.6) is 0 Å². The Kier molecular flexibility index (Phi) is 7.26. The molecular formula is C23H26ClF2N3O2. The van der Waals surface area contributed by atoms with Crippen LogP contribution in [0.4, 0.5) is 14.5 Å². The lowest BCUT2D eigenvalue weighted by atomic mass is 9.87. The van der Waals surface area contributed by atoms with Crippen LogP contribution in [0.15, 0.2) is 42.7 Å². The fourth-order valence-electron chi connectivity index (χ4n) is 4.01. The molecule has 1 N–H and O–H groups in total. The molecule has 1 aliphatic rings. The molecule has 0 unspecified atom stereocenters. The van der Waals surface area contributed by atoms with Gasteiger partial charge in [-0.2, -0.15) is 0 Å². The van der Waals surface area contributed by atoms with Gasteiger partial charge in [0.05, 0.1) is 6.20 Å². The van der Waals surface area contributed by atoms with Crippen molar-refractivity contribution in [3.8, 4) is 0 Å². The van der Waals surface area contributed by atoms with Crippen molar-refractivity contribution in [2.45, 2.75) is 63.2 Å². The molecule has 0 aliphatic heterocycles. The number of halogens is 3. The third-order valence-corrected chi connectivity index (χ3v) is 5.98. The van der Waals surface area contributed by atoms with Crippen LogP contribution in [0.25, 0.3) is 0 Å². The van der Waals surface area contributed by atoms with Gasteiger partial charge in [0.25, 0.3) is 17.4 Å². The van der Waals surface area contributed by atoms with Crippen molar-refractivity contribution < 1.29 is 18.4 Å². The Bertz CT molecular complexity index is 933. The van der Waals surface area contributed by atoms with Crippen molar-refractivity contribution in [1.82, 2.24) is 10.3 Å². The molecule has 1 fully saturated rings. The number of carbonyl (C=O) groups is 2. The van der Waals surface area contributed by atoms with E-state index in [4.69, 9.17) is 11.6 Å². The summed E-state index contributed by atoms with van der Waals surface area (Å²) < 4.78 is 28.2. The van der Waals surface area contributed by atoms with Gasteiger partial charge >= 0.3 is 0 Å². The largest absolute Gasteiger partial charge is 0.351 e. The van der Waals surface area contributed by atoms with E-state index in [1.807, 2.05) is 6.92 Å². The minimum atomic E-state index is -2.38. The average Bonchev–Trinajstić information content (AvgIpc) is 2.75. The Morgan fingerprint density at radius 1 is 1.19 bits per heavy atom. The molecule has 1 saturated carbocycles. The van der Waals surface area contributed by atoms with Crippen LogP contribution in [0, 0.1) is 12.7 Å². The van der Waals surface area contributed by atoms with Gasteiger partial charge in [-0.1, -0.05) is 48.6 Å². The molecule has 2 aromatic rings. The Labute approximate surface area is 185 Å². The van der Waals surface area contributed by atoms with Crippen molar-refractivity contribution >= 4 is 29.1 Å². The van der Waals surface area contributed by atoms with Crippen molar-refractivity contribution in [2.24, 2.45) is 0 Å². The Morgan fingerprint density at radius 2 is 1.84 bits per heavy atom. The molecule has 0 saturated heterocycles. The van der Waals surface area contributed by atoms with Crippen LogP contribution in [0.2, 0.25) is 0 Å². The number of nitrogens with zero attached hydrogens (tertiary/aromatic N) is 2. The molecule has 2 atom stereocenters. The summed E-state index contributed by atoms with van der Waals surface area (Å²) in [5, 5.41) is 2.98. The molecule has 2 amide bonds. The minimum Gasteiger partial charge on any atom is -0.351 e. The van der Waals surface area contributed by atoms with Crippen molar-refractivity contribution in [3.05, 3.63) is 59.7 Å². The van der Waals surface area contributed by atoms with Gasteiger partial charge < -0.3 is 5.32 Å². The summed E-state index contributed by atoms with van der Waals surface area (Å²) in [4.78, 5) is 31.4. The third kappa shape index (κ3) is 5.03. The predicted molar refractivity (Wildman–Crippen MR) is 116 cm³/mol. The van der Waals surface area contributed by atoms with Crippen LogP contribution < -0.4 is 10.2 Å². The normalized spacial score (nSPS) is 17.5. The highest BCUT2D eigenvalue weighted by atomic mass is 35.5. The molecule has 1 heterocycles. The molecule has 3 rings (SSSR count). The summed E-state index contributed by atoms with van der Waals surface area (Å²) in [6, 6.07) is 7.73. The highest BCUT2D eigenvalue weighted by Crippen LogP contribution is 2.36. The summed E-state index contributed by atoms with van der Waals surface area (Å²) in [6.07, 6.45) is 6.99. The average molecular weight is 450 g/mol. The second-order valence-electron chi connectivity index (χ2n) is 8.08. The molecule has 166 valence electrons. The van der Waals surface area contributed by atoms with Gasteiger partial charge in [0, 0.05) is 23.5 Å². The van der Waals surface area contributed by atoms with E-state index >= 15 is 0 Å². The van der Waals surface area contributed by atoms with Gasteiger partial charge in [0.2, 0.25) is 0 Å². The van der Waals surface area contributed by atoms with Crippen LogP contribution in [0.3, 0.4) is 0 Å². The maximum absolute atomic E-state index is 14.1.